The highest BCUT2D eigenvalue weighted by Gasteiger charge is 2.05. The standard InChI is InChI=1S/C5H12N4/c6-8-5-1-3-9(7)4-2-5/h1,8H,2-4,6-7H2. The number of nitrogens with zero attached hydrogens (tertiary/aromatic N) is 1. The third kappa shape index (κ3) is 1.67. The molecule has 4 nitrogen and oxygen atoms in total. The lowest BCUT2D eigenvalue weighted by atomic mass is 10.2. The molecule has 1 rings (SSSR count). The highest BCUT2D eigenvalue weighted by Crippen LogP contribution is 2.01. The average Bonchev–Trinajstić information content (AvgIpc) is 1.90. The van der Waals surface area contributed by atoms with E-state index in [9.17, 15) is 0 Å². The Morgan fingerprint density at radius 2 is 2.44 bits per heavy atom. The van der Waals surface area contributed by atoms with Gasteiger partial charge >= 0.3 is 0 Å². The van der Waals surface area contributed by atoms with Gasteiger partial charge in [0.1, 0.15) is 0 Å². The summed E-state index contributed by atoms with van der Waals surface area (Å²) in [6.45, 7) is 1.68. The van der Waals surface area contributed by atoms with Gasteiger partial charge in [-0.25, -0.2) is 5.01 Å². The largest absolute Gasteiger partial charge is 0.328 e. The second kappa shape index (κ2) is 2.82. The molecule has 0 atom stereocenters. The van der Waals surface area contributed by atoms with Crippen molar-refractivity contribution in [2.45, 2.75) is 6.42 Å². The monoisotopic (exact) mass is 128 g/mol. The molecule has 5 N–H and O–H groups in total. The number of rotatable bonds is 1. The van der Waals surface area contributed by atoms with Crippen LogP contribution >= 0.6 is 0 Å². The quantitative estimate of drug-likeness (QED) is 0.310. The molecule has 0 amide bonds. The molecule has 0 saturated heterocycles. The van der Waals surface area contributed by atoms with E-state index in [4.69, 9.17) is 11.7 Å². The fourth-order valence-electron chi connectivity index (χ4n) is 0.816. The van der Waals surface area contributed by atoms with Gasteiger partial charge in [0.2, 0.25) is 0 Å². The Kier molecular flexibility index (Phi) is 2.05. The summed E-state index contributed by atoms with van der Waals surface area (Å²) in [5, 5.41) is 1.75. The first kappa shape index (κ1) is 6.54. The lowest BCUT2D eigenvalue weighted by Crippen LogP contribution is -2.38. The van der Waals surface area contributed by atoms with Crippen molar-refractivity contribution in [2.75, 3.05) is 13.1 Å². The molecule has 0 bridgehead atoms. The lowest BCUT2D eigenvalue weighted by Gasteiger charge is -2.20. The molecule has 1 heterocycles. The zero-order valence-electron chi connectivity index (χ0n) is 5.30. The van der Waals surface area contributed by atoms with Crippen molar-refractivity contribution < 1.29 is 0 Å². The van der Waals surface area contributed by atoms with Gasteiger partial charge in [0, 0.05) is 25.2 Å². The minimum Gasteiger partial charge on any atom is -0.328 e. The van der Waals surface area contributed by atoms with Crippen LogP contribution in [0.3, 0.4) is 0 Å². The van der Waals surface area contributed by atoms with Crippen LogP contribution in [0.2, 0.25) is 0 Å². The summed E-state index contributed by atoms with van der Waals surface area (Å²) in [6.07, 6.45) is 2.91. The average molecular weight is 128 g/mol. The van der Waals surface area contributed by atoms with Crippen LogP contribution in [0.5, 0.6) is 0 Å². The van der Waals surface area contributed by atoms with Gasteiger partial charge in [0.05, 0.1) is 0 Å². The normalized spacial score (nSPS) is 21.3. The third-order valence-corrected chi connectivity index (χ3v) is 1.43. The maximum atomic E-state index is 5.47. The van der Waals surface area contributed by atoms with Gasteiger partial charge in [0.25, 0.3) is 0 Å². The van der Waals surface area contributed by atoms with E-state index in [1.54, 1.807) is 5.01 Å². The Labute approximate surface area is 54.4 Å². The maximum Gasteiger partial charge on any atom is 0.0329 e. The minimum absolute atomic E-state index is 0.791. The lowest BCUT2D eigenvalue weighted by molar-refractivity contribution is 0.301. The molecule has 9 heavy (non-hydrogen) atoms. The highest BCUT2D eigenvalue weighted by atomic mass is 15.4. The van der Waals surface area contributed by atoms with Gasteiger partial charge in [-0.2, -0.15) is 0 Å². The molecule has 0 aromatic heterocycles. The van der Waals surface area contributed by atoms with E-state index in [1.165, 1.54) is 0 Å². The first-order valence-corrected chi connectivity index (χ1v) is 2.98. The predicted molar refractivity (Wildman–Crippen MR) is 35.8 cm³/mol. The second-order valence-electron chi connectivity index (χ2n) is 2.12. The minimum atomic E-state index is 0.791. The smallest absolute Gasteiger partial charge is 0.0329 e. The first-order valence-electron chi connectivity index (χ1n) is 2.98. The topological polar surface area (TPSA) is 67.3 Å². The van der Waals surface area contributed by atoms with E-state index < -0.39 is 0 Å². The van der Waals surface area contributed by atoms with Gasteiger partial charge in [-0.15, -0.1) is 0 Å². The Morgan fingerprint density at radius 1 is 1.67 bits per heavy atom. The zero-order chi connectivity index (χ0) is 6.69. The third-order valence-electron chi connectivity index (χ3n) is 1.43. The molecule has 0 radical (unpaired) electrons. The molecule has 0 aromatic rings. The maximum absolute atomic E-state index is 5.47. The van der Waals surface area contributed by atoms with Crippen molar-refractivity contribution in [3.8, 4) is 0 Å². The van der Waals surface area contributed by atoms with E-state index >= 15 is 0 Å². The Hall–Kier alpha value is -0.580. The molecule has 0 saturated carbocycles. The Morgan fingerprint density at radius 3 is 2.89 bits per heavy atom. The van der Waals surface area contributed by atoms with Crippen molar-refractivity contribution >= 4 is 0 Å². The van der Waals surface area contributed by atoms with Crippen LogP contribution in [0.25, 0.3) is 0 Å². The van der Waals surface area contributed by atoms with E-state index in [-0.39, 0.29) is 0 Å². The van der Waals surface area contributed by atoms with Crippen molar-refractivity contribution in [1.82, 2.24) is 10.4 Å². The molecule has 1 aliphatic heterocycles. The van der Waals surface area contributed by atoms with E-state index in [0.29, 0.717) is 0 Å². The molecular formula is C5H12N4. The molecule has 0 aromatic carbocycles. The fraction of sp³-hybridized carbons (Fsp3) is 0.600. The number of nitrogens with one attached hydrogen (secondary N) is 1. The molecular weight excluding hydrogens is 116 g/mol. The summed E-state index contributed by atoms with van der Waals surface area (Å²) in [4.78, 5) is 0. The van der Waals surface area contributed by atoms with E-state index in [0.717, 1.165) is 25.2 Å². The van der Waals surface area contributed by atoms with Crippen LogP contribution in [0.15, 0.2) is 11.8 Å². The molecule has 1 aliphatic rings. The van der Waals surface area contributed by atoms with Gasteiger partial charge in [-0.1, -0.05) is 0 Å². The summed E-state index contributed by atoms with van der Waals surface area (Å²) in [6, 6.07) is 0. The summed E-state index contributed by atoms with van der Waals surface area (Å²) >= 11 is 0. The van der Waals surface area contributed by atoms with Crippen LogP contribution in [-0.4, -0.2) is 18.1 Å². The molecule has 0 fully saturated rings. The van der Waals surface area contributed by atoms with Crippen molar-refractivity contribution in [1.29, 1.82) is 0 Å². The van der Waals surface area contributed by atoms with Gasteiger partial charge in [0.15, 0.2) is 0 Å². The van der Waals surface area contributed by atoms with Crippen LogP contribution in [0.1, 0.15) is 6.42 Å². The zero-order valence-corrected chi connectivity index (χ0v) is 5.30. The number of hydrazine groups is 2. The first-order chi connectivity index (χ1) is 4.33. The van der Waals surface area contributed by atoms with E-state index in [1.807, 2.05) is 6.08 Å². The van der Waals surface area contributed by atoms with Crippen molar-refractivity contribution in [2.24, 2.45) is 11.7 Å². The van der Waals surface area contributed by atoms with Gasteiger partial charge in [-0.05, 0) is 6.08 Å². The van der Waals surface area contributed by atoms with Crippen molar-refractivity contribution in [3.05, 3.63) is 11.8 Å². The van der Waals surface area contributed by atoms with Crippen LogP contribution in [0, 0.1) is 0 Å². The summed E-state index contributed by atoms with van der Waals surface area (Å²) in [5.41, 5.74) is 3.68. The van der Waals surface area contributed by atoms with Gasteiger partial charge < -0.3 is 5.43 Å². The fourth-order valence-corrected chi connectivity index (χ4v) is 0.816. The number of hydrogen-bond acceptors (Lipinski definition) is 4. The van der Waals surface area contributed by atoms with Crippen LogP contribution in [-0.2, 0) is 0 Å². The van der Waals surface area contributed by atoms with Crippen LogP contribution in [0.4, 0.5) is 0 Å². The summed E-state index contributed by atoms with van der Waals surface area (Å²) < 4.78 is 0. The Bertz CT molecular complexity index is 120. The molecule has 0 spiro atoms. The molecule has 0 aliphatic carbocycles. The van der Waals surface area contributed by atoms with Crippen LogP contribution < -0.4 is 17.1 Å². The number of nitrogens with two attached hydrogens (primary N) is 2. The molecule has 4 heteroatoms. The van der Waals surface area contributed by atoms with Crippen molar-refractivity contribution in [3.63, 3.8) is 0 Å². The van der Waals surface area contributed by atoms with Gasteiger partial charge in [-0.3, -0.25) is 11.7 Å². The Balaban J connectivity index is 2.40. The highest BCUT2D eigenvalue weighted by molar-refractivity contribution is 5.02. The number of hydrogen-bond donors (Lipinski definition) is 3. The molecule has 0 unspecified atom stereocenters. The summed E-state index contributed by atoms with van der Waals surface area (Å²) in [7, 11) is 0. The molecule has 52 valence electrons. The predicted octanol–water partition coefficient (Wildman–Crippen LogP) is -1.09. The summed E-state index contributed by atoms with van der Waals surface area (Å²) in [5.74, 6) is 10.6. The van der Waals surface area contributed by atoms with E-state index in [2.05, 4.69) is 5.43 Å². The second-order valence-corrected chi connectivity index (χ2v) is 2.12. The SMILES string of the molecule is NNC1=CCN(N)CC1.